The predicted octanol–water partition coefficient (Wildman–Crippen LogP) is 2.77. The fourth-order valence-electron chi connectivity index (χ4n) is 0.861. The Morgan fingerprint density at radius 3 is 2.19 bits per heavy atom. The molecule has 0 atom stereocenters. The Morgan fingerprint density at radius 1 is 1.19 bits per heavy atom. The zero-order chi connectivity index (χ0) is 12.5. The maximum absolute atomic E-state index is 12.7. The molecule has 0 radical (unpaired) electrons. The van der Waals surface area contributed by atoms with Crippen molar-refractivity contribution in [1.29, 1.82) is 0 Å². The summed E-state index contributed by atoms with van der Waals surface area (Å²) in [6, 6.07) is -0.0304. The first-order valence-corrected chi connectivity index (χ1v) is 3.60. The van der Waals surface area contributed by atoms with Gasteiger partial charge in [0.2, 0.25) is 5.82 Å². The second kappa shape index (κ2) is 3.91. The molecule has 0 saturated carbocycles. The van der Waals surface area contributed by atoms with Crippen molar-refractivity contribution < 1.29 is 31.6 Å². The smallest absolute Gasteiger partial charge is 0.402 e. The highest BCUT2D eigenvalue weighted by Crippen LogP contribution is 2.30. The molecule has 0 aliphatic carbocycles. The Morgan fingerprint density at radius 2 is 1.75 bits per heavy atom. The van der Waals surface area contributed by atoms with Crippen molar-refractivity contribution in [3.05, 3.63) is 33.9 Å². The van der Waals surface area contributed by atoms with Crippen LogP contribution in [0.4, 0.5) is 27.6 Å². The van der Waals surface area contributed by atoms with Crippen LogP contribution in [0.3, 0.4) is 0 Å². The van der Waals surface area contributed by atoms with Gasteiger partial charge in [-0.1, -0.05) is 0 Å². The Hall–Kier alpha value is -1.93. The first-order chi connectivity index (χ1) is 7.20. The number of benzene rings is 1. The number of rotatable bonds is 2. The minimum Gasteiger partial charge on any atom is -0.402 e. The van der Waals surface area contributed by atoms with Crippen LogP contribution in [-0.4, -0.2) is 11.3 Å². The molecule has 1 aromatic carbocycles. The van der Waals surface area contributed by atoms with E-state index in [9.17, 15) is 32.1 Å². The van der Waals surface area contributed by atoms with Gasteiger partial charge in [-0.3, -0.25) is 10.1 Å². The predicted molar refractivity (Wildman–Crippen MR) is 39.7 cm³/mol. The van der Waals surface area contributed by atoms with Gasteiger partial charge in [0, 0.05) is 6.07 Å². The average Bonchev–Trinajstić information content (AvgIpc) is 2.07. The van der Waals surface area contributed by atoms with E-state index < -0.39 is 34.4 Å². The van der Waals surface area contributed by atoms with Crippen LogP contribution in [0.1, 0.15) is 0 Å². The first kappa shape index (κ1) is 12.1. The molecule has 88 valence electrons. The summed E-state index contributed by atoms with van der Waals surface area (Å²) in [5.41, 5.74) is -1.30. The molecule has 0 heterocycles. The van der Waals surface area contributed by atoms with Crippen molar-refractivity contribution in [2.75, 3.05) is 0 Å². The number of ether oxygens (including phenoxy) is 1. The molecule has 1 aromatic rings. The molecule has 0 unspecified atom stereocenters. The van der Waals surface area contributed by atoms with Gasteiger partial charge in [-0.2, -0.15) is 4.39 Å². The molecule has 16 heavy (non-hydrogen) atoms. The summed E-state index contributed by atoms with van der Waals surface area (Å²) < 4.78 is 63.7. The van der Waals surface area contributed by atoms with Crippen molar-refractivity contribution in [3.8, 4) is 5.75 Å². The van der Waals surface area contributed by atoms with Crippen LogP contribution in [0.25, 0.3) is 0 Å². The van der Waals surface area contributed by atoms with Crippen molar-refractivity contribution in [3.63, 3.8) is 0 Å². The molecule has 0 N–H and O–H groups in total. The summed E-state index contributed by atoms with van der Waals surface area (Å²) in [7, 11) is 0. The minimum atomic E-state index is -5.22. The zero-order valence-electron chi connectivity index (χ0n) is 7.22. The van der Waals surface area contributed by atoms with Gasteiger partial charge in [0.1, 0.15) is 0 Å². The minimum absolute atomic E-state index is 0.0259. The Balaban J connectivity index is 3.20. The molecule has 0 fully saturated rings. The highest BCUT2D eigenvalue weighted by molar-refractivity contribution is 5.40. The lowest BCUT2D eigenvalue weighted by molar-refractivity contribution is -0.387. The van der Waals surface area contributed by atoms with Crippen molar-refractivity contribution in [2.24, 2.45) is 0 Å². The largest absolute Gasteiger partial charge is 0.573 e. The van der Waals surface area contributed by atoms with Gasteiger partial charge in [0.25, 0.3) is 0 Å². The highest BCUT2D eigenvalue weighted by Gasteiger charge is 2.34. The third kappa shape index (κ3) is 2.78. The molecule has 0 bridgehead atoms. The fourth-order valence-corrected chi connectivity index (χ4v) is 0.861. The van der Waals surface area contributed by atoms with Crippen molar-refractivity contribution in [2.45, 2.75) is 6.36 Å². The summed E-state index contributed by atoms with van der Waals surface area (Å²) in [5.74, 6) is -4.72. The van der Waals surface area contributed by atoms with Crippen molar-refractivity contribution in [1.82, 2.24) is 0 Å². The number of nitro benzene ring substituents is 1. The number of nitro groups is 1. The van der Waals surface area contributed by atoms with E-state index in [4.69, 9.17) is 0 Å². The van der Waals surface area contributed by atoms with E-state index in [1.807, 2.05) is 0 Å². The van der Waals surface area contributed by atoms with E-state index in [0.717, 1.165) is 0 Å². The zero-order valence-corrected chi connectivity index (χ0v) is 7.22. The Labute approximate surface area is 84.4 Å². The molecule has 0 saturated heterocycles. The lowest BCUT2D eigenvalue weighted by atomic mass is 10.3. The summed E-state index contributed by atoms with van der Waals surface area (Å²) >= 11 is 0. The number of alkyl halides is 3. The van der Waals surface area contributed by atoms with Crippen LogP contribution >= 0.6 is 0 Å². The van der Waals surface area contributed by atoms with Gasteiger partial charge < -0.3 is 4.74 Å². The van der Waals surface area contributed by atoms with Crippen molar-refractivity contribution >= 4 is 5.69 Å². The lowest BCUT2D eigenvalue weighted by Gasteiger charge is -2.09. The molecule has 0 aliphatic heterocycles. The quantitative estimate of drug-likeness (QED) is 0.456. The Bertz CT molecular complexity index is 431. The third-order valence-electron chi connectivity index (χ3n) is 1.42. The molecule has 9 heteroatoms. The van der Waals surface area contributed by atoms with E-state index in [2.05, 4.69) is 4.74 Å². The summed E-state index contributed by atoms with van der Waals surface area (Å²) in [4.78, 5) is 8.86. The molecular weight excluding hydrogens is 241 g/mol. The monoisotopic (exact) mass is 243 g/mol. The summed E-state index contributed by atoms with van der Waals surface area (Å²) in [6.07, 6.45) is -5.22. The number of hydrogen-bond acceptors (Lipinski definition) is 3. The molecular formula is C7H2F5NO3. The van der Waals surface area contributed by atoms with Crippen LogP contribution in [0.2, 0.25) is 0 Å². The van der Waals surface area contributed by atoms with Crippen LogP contribution in [0.15, 0.2) is 12.1 Å². The molecule has 0 spiro atoms. The van der Waals surface area contributed by atoms with Gasteiger partial charge in [-0.05, 0) is 0 Å². The van der Waals surface area contributed by atoms with Crippen LogP contribution < -0.4 is 4.74 Å². The van der Waals surface area contributed by atoms with E-state index in [-0.39, 0.29) is 12.1 Å². The number of nitrogens with zero attached hydrogens (tertiary/aromatic N) is 1. The van der Waals surface area contributed by atoms with E-state index >= 15 is 0 Å². The van der Waals surface area contributed by atoms with Gasteiger partial charge in [-0.25, -0.2) is 4.39 Å². The normalized spacial score (nSPS) is 11.3. The molecule has 0 aliphatic rings. The molecule has 4 nitrogen and oxygen atoms in total. The fraction of sp³-hybridized carbons (Fsp3) is 0.143. The standard InChI is InChI=1S/C7H2F5NO3/c8-3-1-4(9)6(16-7(10,11)12)2-5(3)13(14)15/h1-2H. The van der Waals surface area contributed by atoms with E-state index in [1.54, 1.807) is 0 Å². The second-order valence-corrected chi connectivity index (χ2v) is 2.54. The van der Waals surface area contributed by atoms with Gasteiger partial charge in [0.15, 0.2) is 11.6 Å². The maximum atomic E-state index is 12.7. The SMILES string of the molecule is O=[N+]([O-])c1cc(OC(F)(F)F)c(F)cc1F. The van der Waals surface area contributed by atoms with Crippen LogP contribution in [-0.2, 0) is 0 Å². The number of halogens is 5. The second-order valence-electron chi connectivity index (χ2n) is 2.54. The van der Waals surface area contributed by atoms with Crippen LogP contribution in [0.5, 0.6) is 5.75 Å². The maximum Gasteiger partial charge on any atom is 0.573 e. The third-order valence-corrected chi connectivity index (χ3v) is 1.42. The summed E-state index contributed by atoms with van der Waals surface area (Å²) in [6.45, 7) is 0. The highest BCUT2D eigenvalue weighted by atomic mass is 19.4. The molecule has 0 aromatic heterocycles. The van der Waals surface area contributed by atoms with Gasteiger partial charge >= 0.3 is 12.0 Å². The average molecular weight is 243 g/mol. The van der Waals surface area contributed by atoms with Gasteiger partial charge in [0.05, 0.1) is 11.0 Å². The lowest BCUT2D eigenvalue weighted by Crippen LogP contribution is -2.18. The first-order valence-electron chi connectivity index (χ1n) is 3.60. The van der Waals surface area contributed by atoms with E-state index in [1.165, 1.54) is 0 Å². The summed E-state index contributed by atoms with van der Waals surface area (Å²) in [5, 5.41) is 10.2. The molecule has 1 rings (SSSR count). The van der Waals surface area contributed by atoms with Crippen LogP contribution in [0, 0.1) is 21.7 Å². The number of hydrogen-bond donors (Lipinski definition) is 0. The molecule has 0 amide bonds. The van der Waals surface area contributed by atoms with Gasteiger partial charge in [-0.15, -0.1) is 13.2 Å². The van der Waals surface area contributed by atoms with E-state index in [0.29, 0.717) is 0 Å². The topological polar surface area (TPSA) is 52.4 Å². The Kier molecular flexibility index (Phi) is 2.97.